The van der Waals surface area contributed by atoms with Gasteiger partial charge in [-0.25, -0.2) is 0 Å². The Morgan fingerprint density at radius 2 is 0.415 bits per heavy atom. The molecule has 0 fully saturated rings. The first-order valence-electron chi connectivity index (χ1n) is 46.0. The van der Waals surface area contributed by atoms with Crippen LogP contribution < -0.4 is 0 Å². The van der Waals surface area contributed by atoms with Crippen molar-refractivity contribution in [2.45, 2.75) is 0 Å². The van der Waals surface area contributed by atoms with Gasteiger partial charge in [0, 0.05) is 112 Å². The zero-order chi connectivity index (χ0) is 89.0. The summed E-state index contributed by atoms with van der Waals surface area (Å²) in [6.07, 6.45) is 6.16. The zero-order valence-electron chi connectivity index (χ0n) is 73.2. The second-order valence-electron chi connectivity index (χ2n) is 34.9. The van der Waals surface area contributed by atoms with E-state index in [1.54, 1.807) is 0 Å². The molecule has 6 heteroatoms. The van der Waals surface area contributed by atoms with E-state index >= 15 is 0 Å². The van der Waals surface area contributed by atoms with Gasteiger partial charge < -0.3 is 0 Å². The van der Waals surface area contributed by atoms with E-state index in [2.05, 4.69) is 473 Å². The van der Waals surface area contributed by atoms with Crippen molar-refractivity contribution in [2.75, 3.05) is 0 Å². The Morgan fingerprint density at radius 3 is 0.778 bits per heavy atom. The van der Waals surface area contributed by atoms with E-state index in [0.717, 1.165) is 44.9 Å². The Hall–Kier alpha value is -16.7. The summed E-state index contributed by atoms with van der Waals surface area (Å²) in [5, 5.41) is 30.7. The average Bonchev–Trinajstić information content (AvgIpc) is 1.74. The van der Waals surface area contributed by atoms with Crippen LogP contribution in [0.3, 0.4) is 0 Å². The number of benzene rings is 22. The molecule has 28 rings (SSSR count). The Balaban J connectivity index is 0.000000106. The van der Waals surface area contributed by atoms with Gasteiger partial charge in [0.15, 0.2) is 0 Å². The molecule has 22 aromatic carbocycles. The van der Waals surface area contributed by atoms with E-state index < -0.39 is 0 Å². The van der Waals surface area contributed by atoms with Crippen LogP contribution >= 0.6 is 34.0 Å². The predicted molar refractivity (Wildman–Crippen MR) is 583 cm³/mol. The van der Waals surface area contributed by atoms with Crippen molar-refractivity contribution in [3.63, 3.8) is 0 Å². The molecule has 0 spiro atoms. The smallest absolute Gasteiger partial charge is 0.0709 e. The molecule has 0 atom stereocenters. The van der Waals surface area contributed by atoms with Crippen LogP contribution in [0, 0.1) is 0 Å². The molecule has 0 saturated carbocycles. The van der Waals surface area contributed by atoms with Crippen molar-refractivity contribution in [3.8, 4) is 112 Å². The van der Waals surface area contributed by atoms with Crippen LogP contribution in [0.2, 0.25) is 0 Å². The number of fused-ring (bicyclic) bond motifs is 21. The summed E-state index contributed by atoms with van der Waals surface area (Å²) < 4.78 is 7.99. The van der Waals surface area contributed by atoms with Crippen molar-refractivity contribution in [1.82, 2.24) is 15.0 Å². The Bertz CT molecular complexity index is 9410. The number of pyridine rings is 3. The molecule has 0 aliphatic carbocycles. The summed E-state index contributed by atoms with van der Waals surface area (Å²) >= 11 is 5.64. The Labute approximate surface area is 791 Å². The highest BCUT2D eigenvalue weighted by molar-refractivity contribution is 7.27. The molecule has 0 saturated heterocycles. The molecule has 6 aromatic heterocycles. The third-order valence-electron chi connectivity index (χ3n) is 27.3. The van der Waals surface area contributed by atoms with Crippen molar-refractivity contribution in [1.29, 1.82) is 0 Å². The topological polar surface area (TPSA) is 38.7 Å². The van der Waals surface area contributed by atoms with Gasteiger partial charge in [0.05, 0.1) is 17.1 Å². The van der Waals surface area contributed by atoms with Gasteiger partial charge in [-0.15, -0.1) is 34.0 Å². The van der Waals surface area contributed by atoms with Crippen molar-refractivity contribution in [3.05, 3.63) is 480 Å². The SMILES string of the molecule is c1ccc(-c2c3ccccc3c(-c3ccc(-c4ccc(-c5ccc6sc7c8ccccc8ccc7c6c5)cc4)nc3)c3ccccc23)cc1.c1ccc(-c2c3ccccc3c(-c3ccc(-c4ccc5sc6c7ccccc7ccc6c5c4)nc3)c3ccccc23)cc1.c1ccc(-c2c3ccccc3c(-c3ccc(-c4cccc5sc6c7ccccc7ccc6c45)nc3)c3ccccc23)cc1. The number of hydrogen-bond donors (Lipinski definition) is 0. The van der Waals surface area contributed by atoms with Gasteiger partial charge in [-0.1, -0.05) is 413 Å². The monoisotopic (exact) mass is 1770 g/mol. The fraction of sp³-hybridized carbons (Fsp3) is 0. The van der Waals surface area contributed by atoms with Crippen LogP contribution in [0.25, 0.3) is 269 Å². The van der Waals surface area contributed by atoms with Gasteiger partial charge in [0.1, 0.15) is 0 Å². The first-order chi connectivity index (χ1) is 67.0. The molecule has 6 heterocycles. The summed E-state index contributed by atoms with van der Waals surface area (Å²) in [5.41, 5.74) is 23.4. The minimum atomic E-state index is 0.968. The van der Waals surface area contributed by atoms with Crippen LogP contribution in [0.1, 0.15) is 0 Å². The highest BCUT2D eigenvalue weighted by Gasteiger charge is 2.24. The average molecular weight is 1770 g/mol. The lowest BCUT2D eigenvalue weighted by Crippen LogP contribution is -1.92. The van der Waals surface area contributed by atoms with E-state index in [1.807, 2.05) is 40.2 Å². The first-order valence-corrected chi connectivity index (χ1v) is 48.4. The Kier molecular flexibility index (Phi) is 19.5. The second kappa shape index (κ2) is 33.3. The molecule has 135 heavy (non-hydrogen) atoms. The molecule has 0 N–H and O–H groups in total. The van der Waals surface area contributed by atoms with Crippen molar-refractivity contribution in [2.24, 2.45) is 0 Å². The molecular weight excluding hydrogens is 1690 g/mol. The van der Waals surface area contributed by atoms with Gasteiger partial charge in [-0.05, 0) is 207 Å². The van der Waals surface area contributed by atoms with Gasteiger partial charge in [0.25, 0.3) is 0 Å². The number of nitrogens with zero attached hydrogens (tertiary/aromatic N) is 3. The molecule has 0 aliphatic heterocycles. The van der Waals surface area contributed by atoms with Crippen LogP contribution in [0.5, 0.6) is 0 Å². The normalized spacial score (nSPS) is 11.7. The molecule has 0 amide bonds. The van der Waals surface area contributed by atoms with E-state index in [-0.39, 0.29) is 0 Å². The molecule has 28 aromatic rings. The summed E-state index contributed by atoms with van der Waals surface area (Å²) in [4.78, 5) is 15.2. The van der Waals surface area contributed by atoms with E-state index in [4.69, 9.17) is 15.0 Å². The summed E-state index contributed by atoms with van der Waals surface area (Å²) in [7, 11) is 0. The minimum Gasteiger partial charge on any atom is -0.256 e. The number of hydrogen-bond acceptors (Lipinski definition) is 6. The summed E-state index contributed by atoms with van der Waals surface area (Å²) in [6.45, 7) is 0. The largest absolute Gasteiger partial charge is 0.256 e. The van der Waals surface area contributed by atoms with Crippen LogP contribution in [0.4, 0.5) is 0 Å². The minimum absolute atomic E-state index is 0.968. The maximum Gasteiger partial charge on any atom is 0.0709 e. The molecule has 0 bridgehead atoms. The standard InChI is InChI=1S/C47H29NS.2C41H25NS/c1-2-11-33(12-3-1)45-37-14-6-8-16-39(37)46(40-17-9-7-15-38(40)45)35-23-26-43(48-29-35)32-20-18-30(19-21-32)34-24-27-44-42(28-34)41-25-22-31-10-4-5-13-36(31)47(41)49-44;1-2-12-27(13-3-1)38-30-15-6-8-17-32(30)39(33-18-9-7-16-31(33)38)28-22-24-36(42-25-28)34-19-10-20-37-40(34)35-23-21-26-11-4-5-14-29(26)41(35)43-37;1-2-11-27(12-3-1)39-31-14-6-8-16-33(31)40(34-17-9-7-15-32(34)39)29-19-22-37(42-25-29)28-20-23-38-36(24-28)35-21-18-26-10-4-5-13-30(26)41(35)43-38/h1-29H;2*1-25H. The predicted octanol–water partition coefficient (Wildman–Crippen LogP) is 37.4. The lowest BCUT2D eigenvalue weighted by molar-refractivity contribution is 1.33. The van der Waals surface area contributed by atoms with Gasteiger partial charge in [-0.3, -0.25) is 15.0 Å². The molecule has 628 valence electrons. The quantitative estimate of drug-likeness (QED) is 0.128. The van der Waals surface area contributed by atoms with Crippen LogP contribution in [-0.2, 0) is 0 Å². The van der Waals surface area contributed by atoms with Crippen LogP contribution in [-0.4, -0.2) is 15.0 Å². The van der Waals surface area contributed by atoms with Crippen molar-refractivity contribution >= 4 is 191 Å². The second-order valence-corrected chi connectivity index (χ2v) is 38.0. The third kappa shape index (κ3) is 13.7. The number of thiophene rings is 3. The van der Waals surface area contributed by atoms with E-state index in [0.29, 0.717) is 0 Å². The Morgan fingerprint density at radius 1 is 0.141 bits per heavy atom. The fourth-order valence-electron chi connectivity index (χ4n) is 21.1. The van der Waals surface area contributed by atoms with Gasteiger partial charge in [0.2, 0.25) is 0 Å². The van der Waals surface area contributed by atoms with Crippen LogP contribution in [0.15, 0.2) is 480 Å². The lowest BCUT2D eigenvalue weighted by atomic mass is 9.86. The summed E-state index contributed by atoms with van der Waals surface area (Å²) in [5.74, 6) is 0. The van der Waals surface area contributed by atoms with E-state index in [1.165, 1.54) is 224 Å². The molecule has 0 radical (unpaired) electrons. The number of rotatable bonds is 10. The summed E-state index contributed by atoms with van der Waals surface area (Å²) in [6, 6.07) is 167. The molecule has 0 aliphatic rings. The first kappa shape index (κ1) is 79.3. The van der Waals surface area contributed by atoms with Crippen molar-refractivity contribution < 1.29 is 0 Å². The maximum atomic E-state index is 5.12. The van der Waals surface area contributed by atoms with Gasteiger partial charge in [-0.2, -0.15) is 0 Å². The molecular formula is C129H79N3S3. The number of aromatic nitrogens is 3. The zero-order valence-corrected chi connectivity index (χ0v) is 75.6. The lowest BCUT2D eigenvalue weighted by Gasteiger charge is -2.17. The highest BCUT2D eigenvalue weighted by Crippen LogP contribution is 2.51. The molecule has 3 nitrogen and oxygen atoms in total. The molecule has 0 unspecified atom stereocenters. The third-order valence-corrected chi connectivity index (χ3v) is 31.0. The fourth-order valence-corrected chi connectivity index (χ4v) is 24.8. The maximum absolute atomic E-state index is 5.12. The van der Waals surface area contributed by atoms with E-state index in [9.17, 15) is 0 Å². The highest BCUT2D eigenvalue weighted by atomic mass is 32.1. The van der Waals surface area contributed by atoms with Gasteiger partial charge >= 0.3 is 0 Å².